The highest BCUT2D eigenvalue weighted by molar-refractivity contribution is 14.0. The number of rotatable bonds is 11. The van der Waals surface area contributed by atoms with Gasteiger partial charge in [0.05, 0.1) is 0 Å². The highest BCUT2D eigenvalue weighted by Gasteiger charge is 2.26. The zero-order chi connectivity index (χ0) is 22.6. The molecule has 0 spiro atoms. The zero-order valence-electron chi connectivity index (χ0n) is 20.4. The van der Waals surface area contributed by atoms with Crippen molar-refractivity contribution >= 4 is 35.8 Å². The summed E-state index contributed by atoms with van der Waals surface area (Å²) in [5, 5.41) is 15.3. The van der Waals surface area contributed by atoms with Gasteiger partial charge in [-0.1, -0.05) is 13.8 Å². The van der Waals surface area contributed by atoms with E-state index in [1.165, 1.54) is 0 Å². The van der Waals surface area contributed by atoms with Crippen LogP contribution in [0.2, 0.25) is 0 Å². The van der Waals surface area contributed by atoms with Crippen LogP contribution >= 0.6 is 24.0 Å². The Morgan fingerprint density at radius 3 is 2.47 bits per heavy atom. The Kier molecular flexibility index (Phi) is 13.8. The Morgan fingerprint density at radius 1 is 1.22 bits per heavy atom. The maximum absolute atomic E-state index is 12.7. The van der Waals surface area contributed by atoms with Crippen LogP contribution in [0.25, 0.3) is 0 Å². The molecule has 0 aliphatic carbocycles. The van der Waals surface area contributed by atoms with Crippen LogP contribution in [-0.4, -0.2) is 70.4 Å². The Labute approximate surface area is 210 Å². The smallest absolute Gasteiger partial charge is 0.225 e. The number of ether oxygens (including phenoxy) is 1. The summed E-state index contributed by atoms with van der Waals surface area (Å²) in [5.74, 6) is 2.95. The van der Waals surface area contributed by atoms with Crippen LogP contribution in [0.3, 0.4) is 0 Å². The van der Waals surface area contributed by atoms with Gasteiger partial charge >= 0.3 is 0 Å². The second-order valence-corrected chi connectivity index (χ2v) is 8.12. The highest BCUT2D eigenvalue weighted by atomic mass is 127. The van der Waals surface area contributed by atoms with Gasteiger partial charge in [-0.25, -0.2) is 4.99 Å². The normalized spacial score (nSPS) is 15.1. The predicted octanol–water partition coefficient (Wildman–Crippen LogP) is 2.63. The number of hydrogen-bond acceptors (Lipinski definition) is 5. The van der Waals surface area contributed by atoms with Gasteiger partial charge in [0.15, 0.2) is 11.8 Å². The number of hydrogen-bond donors (Lipinski definition) is 2. The first kappa shape index (κ1) is 28.6. The molecule has 0 unspecified atom stereocenters. The number of piperidine rings is 1. The van der Waals surface area contributed by atoms with Crippen LogP contribution in [0, 0.1) is 12.8 Å². The summed E-state index contributed by atoms with van der Waals surface area (Å²) in [6.45, 7) is 12.4. The first-order valence-electron chi connectivity index (χ1n) is 11.8. The molecule has 1 aromatic heterocycles. The minimum atomic E-state index is 0. The number of amides is 1. The number of nitrogens with one attached hydrogen (secondary N) is 2. The quantitative estimate of drug-likeness (QED) is 0.186. The number of carbonyl (C=O) groups is 1. The van der Waals surface area contributed by atoms with Crippen molar-refractivity contribution < 1.29 is 9.53 Å². The molecule has 1 aromatic rings. The fourth-order valence-corrected chi connectivity index (χ4v) is 3.75. The summed E-state index contributed by atoms with van der Waals surface area (Å²) < 4.78 is 7.38. The minimum Gasteiger partial charge on any atom is -0.382 e. The minimum absolute atomic E-state index is 0. The molecule has 2 rings (SSSR count). The van der Waals surface area contributed by atoms with Gasteiger partial charge in [-0.05, 0) is 46.0 Å². The summed E-state index contributed by atoms with van der Waals surface area (Å²) in [5.41, 5.74) is 0. The van der Waals surface area contributed by atoms with Crippen molar-refractivity contribution in [3.63, 3.8) is 0 Å². The molecule has 1 fully saturated rings. The fraction of sp³-hybridized carbons (Fsp3) is 0.818. The van der Waals surface area contributed by atoms with E-state index >= 15 is 0 Å². The van der Waals surface area contributed by atoms with Gasteiger partial charge in [-0.3, -0.25) is 4.79 Å². The van der Waals surface area contributed by atoms with E-state index in [4.69, 9.17) is 9.73 Å². The lowest BCUT2D eigenvalue weighted by molar-refractivity contribution is -0.136. The number of halogens is 1. The average Bonchev–Trinajstić information content (AvgIpc) is 3.10. The molecular formula is C22H42IN7O2. The van der Waals surface area contributed by atoms with Crippen molar-refractivity contribution in [3.05, 3.63) is 11.6 Å². The molecule has 184 valence electrons. The number of aryl methyl sites for hydroxylation is 1. The molecule has 1 amide bonds. The SMILES string of the molecule is CCOCCCNC(=NCc1nnc(C)n1C)NC1CCN(C(=O)C(CC)CC)CC1.I. The van der Waals surface area contributed by atoms with Crippen molar-refractivity contribution in [2.75, 3.05) is 32.8 Å². The molecule has 0 saturated carbocycles. The van der Waals surface area contributed by atoms with Crippen molar-refractivity contribution in [1.29, 1.82) is 0 Å². The molecule has 9 nitrogen and oxygen atoms in total. The van der Waals surface area contributed by atoms with Gasteiger partial charge < -0.3 is 24.8 Å². The van der Waals surface area contributed by atoms with Crippen molar-refractivity contribution in [2.24, 2.45) is 18.0 Å². The third-order valence-electron chi connectivity index (χ3n) is 6.01. The number of likely N-dealkylation sites (tertiary alicyclic amines) is 1. The van der Waals surface area contributed by atoms with Gasteiger partial charge in [-0.2, -0.15) is 0 Å². The second-order valence-electron chi connectivity index (χ2n) is 8.12. The van der Waals surface area contributed by atoms with Gasteiger partial charge in [0.25, 0.3) is 0 Å². The lowest BCUT2D eigenvalue weighted by atomic mass is 9.98. The molecule has 1 aliphatic rings. The number of carbonyl (C=O) groups excluding carboxylic acids is 1. The molecule has 0 aromatic carbocycles. The second kappa shape index (κ2) is 15.4. The van der Waals surface area contributed by atoms with E-state index in [9.17, 15) is 4.79 Å². The van der Waals surface area contributed by atoms with Crippen molar-refractivity contribution in [3.8, 4) is 0 Å². The van der Waals surface area contributed by atoms with E-state index in [-0.39, 0.29) is 29.9 Å². The molecule has 1 saturated heterocycles. The Bertz CT molecular complexity index is 698. The Hall–Kier alpha value is -1.43. The first-order chi connectivity index (χ1) is 15.0. The van der Waals surface area contributed by atoms with Crippen molar-refractivity contribution in [1.82, 2.24) is 30.3 Å². The van der Waals surface area contributed by atoms with Crippen LogP contribution in [0.4, 0.5) is 0 Å². The molecule has 0 bridgehead atoms. The third kappa shape index (κ3) is 8.84. The van der Waals surface area contributed by atoms with Crippen LogP contribution < -0.4 is 10.6 Å². The van der Waals surface area contributed by atoms with Gasteiger partial charge in [-0.15, -0.1) is 34.2 Å². The predicted molar refractivity (Wildman–Crippen MR) is 138 cm³/mol. The van der Waals surface area contributed by atoms with E-state index in [1.807, 2.05) is 30.4 Å². The number of aliphatic imine (C=N–C) groups is 1. The molecular weight excluding hydrogens is 521 g/mol. The topological polar surface area (TPSA) is 96.7 Å². The molecule has 32 heavy (non-hydrogen) atoms. The summed E-state index contributed by atoms with van der Waals surface area (Å²) in [6.07, 6.45) is 4.60. The molecule has 2 heterocycles. The molecule has 10 heteroatoms. The van der Waals surface area contributed by atoms with Crippen LogP contribution in [-0.2, 0) is 23.1 Å². The maximum atomic E-state index is 12.7. The number of nitrogens with zero attached hydrogens (tertiary/aromatic N) is 5. The third-order valence-corrected chi connectivity index (χ3v) is 6.01. The Balaban J connectivity index is 0.00000512. The fourth-order valence-electron chi connectivity index (χ4n) is 3.75. The summed E-state index contributed by atoms with van der Waals surface area (Å²) in [4.78, 5) is 19.4. The van der Waals surface area contributed by atoms with Gasteiger partial charge in [0.2, 0.25) is 5.91 Å². The summed E-state index contributed by atoms with van der Waals surface area (Å²) in [6, 6.07) is 0.296. The van der Waals surface area contributed by atoms with Gasteiger partial charge in [0.1, 0.15) is 12.4 Å². The molecule has 0 atom stereocenters. The number of guanidine groups is 1. The lowest BCUT2D eigenvalue weighted by Crippen LogP contribution is -2.50. The van der Waals surface area contributed by atoms with Crippen LogP contribution in [0.1, 0.15) is 64.5 Å². The van der Waals surface area contributed by atoms with E-state index in [2.05, 4.69) is 34.7 Å². The Morgan fingerprint density at radius 2 is 1.91 bits per heavy atom. The van der Waals surface area contributed by atoms with Crippen LogP contribution in [0.15, 0.2) is 4.99 Å². The molecule has 1 aliphatic heterocycles. The van der Waals surface area contributed by atoms with Crippen LogP contribution in [0.5, 0.6) is 0 Å². The average molecular weight is 564 g/mol. The molecule has 2 N–H and O–H groups in total. The van der Waals surface area contributed by atoms with E-state index in [1.54, 1.807) is 0 Å². The summed E-state index contributed by atoms with van der Waals surface area (Å²) in [7, 11) is 1.95. The standard InChI is InChI=1S/C22H41N7O2.HI/c1-6-18(7-2)21(30)29-13-10-19(11-14-29)25-22(23-12-9-15-31-8-3)24-16-20-27-26-17(4)28(20)5;/h18-19H,6-16H2,1-5H3,(H2,23,24,25);1H. The molecule has 0 radical (unpaired) electrons. The first-order valence-corrected chi connectivity index (χ1v) is 11.8. The lowest BCUT2D eigenvalue weighted by Gasteiger charge is -2.35. The number of aromatic nitrogens is 3. The zero-order valence-corrected chi connectivity index (χ0v) is 22.7. The highest BCUT2D eigenvalue weighted by Crippen LogP contribution is 2.17. The van der Waals surface area contributed by atoms with E-state index in [0.717, 1.165) is 82.6 Å². The maximum Gasteiger partial charge on any atom is 0.225 e. The van der Waals surface area contributed by atoms with Gasteiger partial charge in [0, 0.05) is 51.9 Å². The van der Waals surface area contributed by atoms with E-state index < -0.39 is 0 Å². The monoisotopic (exact) mass is 563 g/mol. The largest absolute Gasteiger partial charge is 0.382 e. The summed E-state index contributed by atoms with van der Waals surface area (Å²) >= 11 is 0. The van der Waals surface area contributed by atoms with Crippen molar-refractivity contribution in [2.45, 2.75) is 72.4 Å². The van der Waals surface area contributed by atoms with E-state index in [0.29, 0.717) is 18.5 Å².